The van der Waals surface area contributed by atoms with E-state index >= 15 is 0 Å². The van der Waals surface area contributed by atoms with Crippen LogP contribution >= 0.6 is 0 Å². The van der Waals surface area contributed by atoms with Crippen molar-refractivity contribution in [2.45, 2.75) is 32.4 Å². The van der Waals surface area contributed by atoms with Crippen LogP contribution in [0.4, 0.5) is 8.78 Å². The Labute approximate surface area is 231 Å². The van der Waals surface area contributed by atoms with Crippen molar-refractivity contribution in [2.24, 2.45) is 0 Å². The summed E-state index contributed by atoms with van der Waals surface area (Å²) in [5, 5.41) is 19.0. The molecular weight excluding hydrogens is 540 g/mol. The fraction of sp³-hybridized carbons (Fsp3) is 0.214. The second-order valence-corrected chi connectivity index (χ2v) is 9.42. The molecule has 0 radical (unpaired) electrons. The van der Waals surface area contributed by atoms with E-state index in [1.807, 2.05) is 6.92 Å². The fourth-order valence-corrected chi connectivity index (χ4v) is 4.91. The Balaban J connectivity index is 1.44. The van der Waals surface area contributed by atoms with E-state index in [4.69, 9.17) is 4.74 Å². The Bertz CT molecular complexity index is 1750. The molecule has 1 atom stereocenters. The molecule has 41 heavy (non-hydrogen) atoms. The number of nitrogens with zero attached hydrogens (tertiary/aromatic N) is 3. The number of carboxylic acids is 1. The zero-order chi connectivity index (χ0) is 29.4. The van der Waals surface area contributed by atoms with Gasteiger partial charge in [-0.05, 0) is 60.2 Å². The van der Waals surface area contributed by atoms with Gasteiger partial charge in [0, 0.05) is 12.6 Å². The molecule has 2 aromatic carbocycles. The van der Waals surface area contributed by atoms with E-state index in [0.29, 0.717) is 18.4 Å². The smallest absolute Gasteiger partial charge is 0.341 e. The Morgan fingerprint density at radius 3 is 2.56 bits per heavy atom. The monoisotopic (exact) mass is 563 g/mol. The van der Waals surface area contributed by atoms with E-state index in [1.165, 1.54) is 19.2 Å². The number of esters is 1. The molecule has 0 unspecified atom stereocenters. The summed E-state index contributed by atoms with van der Waals surface area (Å²) in [6.45, 7) is 1.63. The van der Waals surface area contributed by atoms with Crippen LogP contribution in [-0.4, -0.2) is 50.6 Å². The van der Waals surface area contributed by atoms with Crippen LogP contribution in [-0.2, 0) is 17.7 Å². The van der Waals surface area contributed by atoms with Crippen molar-refractivity contribution in [1.29, 1.82) is 0 Å². The number of aromatic nitrogens is 3. The van der Waals surface area contributed by atoms with Gasteiger partial charge in [-0.25, -0.2) is 27.9 Å². The van der Waals surface area contributed by atoms with Crippen LogP contribution in [0.1, 0.15) is 76.4 Å². The number of carbonyl (C=O) groups is 4. The SMILES string of the molecule is COC(=O)c1ccc2c(c1C)CC[C@@H]2NC(=O)c1cc(C(=O)NCc2ccc(F)c(F)c2)nc2c(C(=O)O)cnn12. The standard InChI is InChI=1S/C28H23F2N5O6/c1-13-15-6-8-21(17(15)5-4-16(13)28(40)41-2)34-26(37)23-10-22(33-24-18(27(38)39)12-32-35(23)24)25(36)31-11-14-3-7-19(29)20(30)9-14/h3-5,7,9-10,12,21H,6,8,11H2,1-2H3,(H,31,36)(H,34,37)(H,38,39)/t21-/m0/s1. The van der Waals surface area contributed by atoms with Gasteiger partial charge in [0.1, 0.15) is 17.0 Å². The van der Waals surface area contributed by atoms with Gasteiger partial charge in [-0.2, -0.15) is 5.10 Å². The highest BCUT2D eigenvalue weighted by Gasteiger charge is 2.29. The first kappa shape index (κ1) is 27.4. The predicted molar refractivity (Wildman–Crippen MR) is 139 cm³/mol. The van der Waals surface area contributed by atoms with Crippen LogP contribution in [0.5, 0.6) is 0 Å². The summed E-state index contributed by atoms with van der Waals surface area (Å²) < 4.78 is 32.7. The van der Waals surface area contributed by atoms with Gasteiger partial charge >= 0.3 is 11.9 Å². The lowest BCUT2D eigenvalue weighted by Gasteiger charge is -2.16. The van der Waals surface area contributed by atoms with Gasteiger partial charge in [-0.3, -0.25) is 9.59 Å². The van der Waals surface area contributed by atoms with Crippen molar-refractivity contribution in [3.8, 4) is 0 Å². The van der Waals surface area contributed by atoms with E-state index in [-0.39, 0.29) is 34.7 Å². The van der Waals surface area contributed by atoms with Crippen LogP contribution in [0.2, 0.25) is 0 Å². The number of hydrogen-bond acceptors (Lipinski definition) is 7. The largest absolute Gasteiger partial charge is 0.477 e. The van der Waals surface area contributed by atoms with Gasteiger partial charge in [0.15, 0.2) is 17.3 Å². The molecule has 11 nitrogen and oxygen atoms in total. The van der Waals surface area contributed by atoms with Crippen molar-refractivity contribution in [2.75, 3.05) is 7.11 Å². The van der Waals surface area contributed by atoms with Crippen LogP contribution < -0.4 is 10.6 Å². The molecule has 3 N–H and O–H groups in total. The number of halogens is 2. The molecule has 210 valence electrons. The summed E-state index contributed by atoms with van der Waals surface area (Å²) in [6.07, 6.45) is 2.17. The average Bonchev–Trinajstić information content (AvgIpc) is 3.57. The van der Waals surface area contributed by atoms with Crippen LogP contribution in [0.3, 0.4) is 0 Å². The first-order valence-corrected chi connectivity index (χ1v) is 12.4. The highest BCUT2D eigenvalue weighted by Crippen LogP contribution is 2.35. The third-order valence-electron chi connectivity index (χ3n) is 7.01. The lowest BCUT2D eigenvalue weighted by molar-refractivity contribution is 0.0598. The molecule has 2 aromatic heterocycles. The first-order valence-electron chi connectivity index (χ1n) is 12.4. The van der Waals surface area contributed by atoms with Gasteiger partial charge in [0.2, 0.25) is 0 Å². The number of carbonyl (C=O) groups excluding carboxylic acids is 3. The molecule has 1 aliphatic rings. The molecule has 0 aliphatic heterocycles. The Hall–Kier alpha value is -5.20. The fourth-order valence-electron chi connectivity index (χ4n) is 4.91. The van der Waals surface area contributed by atoms with Gasteiger partial charge in [-0.15, -0.1) is 0 Å². The zero-order valence-corrected chi connectivity index (χ0v) is 21.8. The summed E-state index contributed by atoms with van der Waals surface area (Å²) in [6, 6.07) is 7.28. The minimum absolute atomic E-state index is 0.142. The number of amides is 2. The summed E-state index contributed by atoms with van der Waals surface area (Å²) >= 11 is 0. The summed E-state index contributed by atoms with van der Waals surface area (Å²) in [5.41, 5.74) is 2.24. The number of hydrogen-bond donors (Lipinski definition) is 3. The van der Waals surface area contributed by atoms with Gasteiger partial charge in [0.25, 0.3) is 11.8 Å². The topological polar surface area (TPSA) is 152 Å². The third kappa shape index (κ3) is 5.09. The highest BCUT2D eigenvalue weighted by molar-refractivity contribution is 6.01. The lowest BCUT2D eigenvalue weighted by Crippen LogP contribution is -2.31. The van der Waals surface area contributed by atoms with Crippen molar-refractivity contribution in [1.82, 2.24) is 25.2 Å². The quantitative estimate of drug-likeness (QED) is 0.290. The van der Waals surface area contributed by atoms with Crippen molar-refractivity contribution >= 4 is 29.4 Å². The number of fused-ring (bicyclic) bond motifs is 2. The lowest BCUT2D eigenvalue weighted by atomic mass is 9.98. The number of carboxylic acid groups (broad SMARTS) is 1. The molecule has 2 amide bonds. The number of aromatic carboxylic acids is 1. The molecule has 1 aliphatic carbocycles. The molecule has 0 spiro atoms. The van der Waals surface area contributed by atoms with Gasteiger partial charge < -0.3 is 20.5 Å². The number of methoxy groups -OCH3 is 1. The Morgan fingerprint density at radius 2 is 1.85 bits per heavy atom. The summed E-state index contributed by atoms with van der Waals surface area (Å²) in [7, 11) is 1.30. The average molecular weight is 564 g/mol. The molecule has 4 aromatic rings. The van der Waals surface area contributed by atoms with Crippen molar-refractivity contribution in [3.05, 3.63) is 99.0 Å². The van der Waals surface area contributed by atoms with Crippen LogP contribution in [0.25, 0.3) is 5.65 Å². The molecule has 2 heterocycles. The second-order valence-electron chi connectivity index (χ2n) is 9.42. The van der Waals surface area contributed by atoms with Gasteiger partial charge in [-0.1, -0.05) is 12.1 Å². The minimum atomic E-state index is -1.36. The van der Waals surface area contributed by atoms with E-state index in [1.54, 1.807) is 12.1 Å². The van der Waals surface area contributed by atoms with Crippen LogP contribution in [0.15, 0.2) is 42.6 Å². The predicted octanol–water partition coefficient (Wildman–Crippen LogP) is 3.15. The maximum Gasteiger partial charge on any atom is 0.341 e. The molecule has 0 bridgehead atoms. The number of benzene rings is 2. The highest BCUT2D eigenvalue weighted by atomic mass is 19.2. The number of ether oxygens (including phenoxy) is 1. The molecule has 5 rings (SSSR count). The maximum atomic E-state index is 13.6. The first-order chi connectivity index (χ1) is 19.6. The summed E-state index contributed by atoms with van der Waals surface area (Å²) in [5.74, 6) is -5.35. The molecule has 0 saturated carbocycles. The van der Waals surface area contributed by atoms with Gasteiger partial charge in [0.05, 0.1) is 24.9 Å². The van der Waals surface area contributed by atoms with Crippen molar-refractivity contribution in [3.63, 3.8) is 0 Å². The zero-order valence-electron chi connectivity index (χ0n) is 21.8. The van der Waals surface area contributed by atoms with E-state index in [2.05, 4.69) is 20.7 Å². The molecule has 0 fully saturated rings. The molecule has 0 saturated heterocycles. The minimum Gasteiger partial charge on any atom is -0.477 e. The van der Waals surface area contributed by atoms with E-state index in [9.17, 15) is 33.1 Å². The molecular formula is C28H23F2N5O6. The number of rotatable bonds is 7. The van der Waals surface area contributed by atoms with Crippen LogP contribution in [0, 0.1) is 18.6 Å². The second kappa shape index (κ2) is 10.8. The van der Waals surface area contributed by atoms with Crippen molar-refractivity contribution < 1.29 is 37.8 Å². The Kier molecular flexibility index (Phi) is 7.18. The molecule has 13 heteroatoms. The normalized spacial score (nSPS) is 14.0. The van der Waals surface area contributed by atoms with E-state index in [0.717, 1.165) is 39.5 Å². The summed E-state index contributed by atoms with van der Waals surface area (Å²) in [4.78, 5) is 54.4. The maximum absolute atomic E-state index is 13.6. The number of nitrogens with one attached hydrogen (secondary N) is 2. The Morgan fingerprint density at radius 1 is 1.07 bits per heavy atom. The third-order valence-corrected chi connectivity index (χ3v) is 7.01. The van der Waals surface area contributed by atoms with E-state index < -0.39 is 41.4 Å².